The van der Waals surface area contributed by atoms with Gasteiger partial charge in [0.25, 0.3) is 0 Å². The smallest absolute Gasteiger partial charge is 0.305 e. The van der Waals surface area contributed by atoms with E-state index in [1.54, 1.807) is 0 Å². The Morgan fingerprint density at radius 3 is 1.03 bits per heavy atom. The van der Waals surface area contributed by atoms with Gasteiger partial charge >= 0.3 is 5.97 Å². The summed E-state index contributed by atoms with van der Waals surface area (Å²) >= 11 is 0. The quantitative estimate of drug-likeness (QED) is 0.0320. The number of carbonyl (C=O) groups excluding carboxylic acids is 2. The molecule has 2 unspecified atom stereocenters. The lowest BCUT2D eigenvalue weighted by molar-refractivity contribution is -0.143. The zero-order valence-corrected chi connectivity index (χ0v) is 50.8. The van der Waals surface area contributed by atoms with Gasteiger partial charge in [-0.05, 0) is 57.8 Å². The van der Waals surface area contributed by atoms with E-state index in [9.17, 15) is 19.8 Å². The molecule has 444 valence electrons. The Balaban J connectivity index is 3.40. The van der Waals surface area contributed by atoms with Crippen molar-refractivity contribution in [3.63, 3.8) is 0 Å². The van der Waals surface area contributed by atoms with Crippen LogP contribution in [0.2, 0.25) is 0 Å². The van der Waals surface area contributed by atoms with Gasteiger partial charge < -0.3 is 20.3 Å². The number of nitrogens with one attached hydrogen (secondary N) is 1. The van der Waals surface area contributed by atoms with Crippen LogP contribution in [0, 0.1) is 0 Å². The summed E-state index contributed by atoms with van der Waals surface area (Å²) < 4.78 is 5.49. The molecule has 0 saturated carbocycles. The minimum atomic E-state index is -0.668. The summed E-state index contributed by atoms with van der Waals surface area (Å²) in [5.74, 6) is -0.0372. The Hall–Kier alpha value is -1.66. The summed E-state index contributed by atoms with van der Waals surface area (Å²) in [6.07, 6.45) is 80.6. The second kappa shape index (κ2) is 64.9. The van der Waals surface area contributed by atoms with Crippen LogP contribution in [0.15, 0.2) is 24.3 Å². The van der Waals surface area contributed by atoms with Crippen LogP contribution in [0.5, 0.6) is 0 Å². The number of rotatable bonds is 64. The van der Waals surface area contributed by atoms with Crippen molar-refractivity contribution in [2.75, 3.05) is 13.2 Å². The molecule has 0 bridgehead atoms. The van der Waals surface area contributed by atoms with E-state index in [-0.39, 0.29) is 18.5 Å². The van der Waals surface area contributed by atoms with Crippen molar-refractivity contribution < 1.29 is 24.5 Å². The Kier molecular flexibility index (Phi) is 63.4. The maximum atomic E-state index is 12.5. The van der Waals surface area contributed by atoms with E-state index in [0.29, 0.717) is 25.9 Å². The molecule has 0 aliphatic heterocycles. The second-order valence-corrected chi connectivity index (χ2v) is 23.5. The zero-order chi connectivity index (χ0) is 54.3. The fourth-order valence-corrected chi connectivity index (χ4v) is 10.8. The standard InChI is InChI=1S/C69H133NO5/c1-3-5-7-9-11-13-15-17-19-21-22-23-24-25-27-30-33-37-41-45-49-53-57-61-67(72)66(65-71)70-68(73)62-58-54-50-46-42-38-34-31-28-26-29-32-36-40-44-48-52-56-60-64-75-69(74)63-59-55-51-47-43-39-35-20-18-16-14-12-10-8-6-4-2/h14,16,20,35,66-67,71-72H,3-13,15,17-19,21-34,36-65H2,1-2H3,(H,70,73)/b16-14-,35-20-. The molecule has 0 aliphatic rings. The Morgan fingerprint density at radius 1 is 0.373 bits per heavy atom. The largest absolute Gasteiger partial charge is 0.466 e. The molecule has 75 heavy (non-hydrogen) atoms. The van der Waals surface area contributed by atoms with Gasteiger partial charge in [-0.15, -0.1) is 0 Å². The third-order valence-corrected chi connectivity index (χ3v) is 16.0. The lowest BCUT2D eigenvalue weighted by atomic mass is 10.0. The maximum Gasteiger partial charge on any atom is 0.305 e. The highest BCUT2D eigenvalue weighted by atomic mass is 16.5. The van der Waals surface area contributed by atoms with Crippen LogP contribution in [0.1, 0.15) is 380 Å². The lowest BCUT2D eigenvalue weighted by Gasteiger charge is -2.22. The van der Waals surface area contributed by atoms with Crippen LogP contribution in [-0.4, -0.2) is 47.4 Å². The molecule has 3 N–H and O–H groups in total. The molecular formula is C69H133NO5. The van der Waals surface area contributed by atoms with Crippen molar-refractivity contribution in [2.45, 2.75) is 392 Å². The van der Waals surface area contributed by atoms with Gasteiger partial charge in [-0.25, -0.2) is 0 Å². The molecule has 6 nitrogen and oxygen atoms in total. The van der Waals surface area contributed by atoms with Crippen LogP contribution in [0.4, 0.5) is 0 Å². The van der Waals surface area contributed by atoms with Gasteiger partial charge in [0, 0.05) is 12.8 Å². The third kappa shape index (κ3) is 61.4. The van der Waals surface area contributed by atoms with E-state index in [2.05, 4.69) is 43.5 Å². The molecule has 0 aromatic rings. The SMILES string of the molecule is CCCCCC/C=C\C/C=C\CCCCCCCC(=O)OCCCCCCCCCCCCCCCCCCCCCC(=O)NC(CO)C(O)CCCCCCCCCCCCCCCCCCCCCCCCC. The summed E-state index contributed by atoms with van der Waals surface area (Å²) in [7, 11) is 0. The number of allylic oxidation sites excluding steroid dienone is 4. The van der Waals surface area contributed by atoms with Crippen LogP contribution in [0.3, 0.4) is 0 Å². The molecule has 0 fully saturated rings. The summed E-state index contributed by atoms with van der Waals surface area (Å²) in [4.78, 5) is 24.6. The number of ether oxygens (including phenoxy) is 1. The number of aliphatic hydroxyl groups excluding tert-OH is 2. The number of unbranched alkanes of at least 4 members (excludes halogenated alkanes) is 49. The predicted molar refractivity (Wildman–Crippen MR) is 329 cm³/mol. The first-order valence-electron chi connectivity index (χ1n) is 34.1. The maximum absolute atomic E-state index is 12.5. The minimum Gasteiger partial charge on any atom is -0.466 e. The van der Waals surface area contributed by atoms with Gasteiger partial charge in [0.1, 0.15) is 0 Å². The lowest BCUT2D eigenvalue weighted by Crippen LogP contribution is -2.45. The molecule has 0 aromatic carbocycles. The number of carbonyl (C=O) groups is 2. The molecular weight excluding hydrogens is 923 g/mol. The number of hydrogen-bond acceptors (Lipinski definition) is 5. The van der Waals surface area contributed by atoms with Crippen molar-refractivity contribution in [1.29, 1.82) is 0 Å². The summed E-state index contributed by atoms with van der Waals surface area (Å²) in [6.45, 7) is 4.96. The molecule has 0 radical (unpaired) electrons. The minimum absolute atomic E-state index is 0.00336. The van der Waals surface area contributed by atoms with E-state index in [4.69, 9.17) is 4.74 Å². The van der Waals surface area contributed by atoms with Crippen LogP contribution in [-0.2, 0) is 14.3 Å². The van der Waals surface area contributed by atoms with E-state index in [1.807, 2.05) is 0 Å². The Labute approximate surface area is 469 Å². The van der Waals surface area contributed by atoms with Gasteiger partial charge in [0.05, 0.1) is 25.4 Å². The fraction of sp³-hybridized carbons (Fsp3) is 0.913. The van der Waals surface area contributed by atoms with Crippen molar-refractivity contribution in [3.8, 4) is 0 Å². The first-order chi connectivity index (χ1) is 37.0. The third-order valence-electron chi connectivity index (χ3n) is 16.0. The van der Waals surface area contributed by atoms with Crippen molar-refractivity contribution in [3.05, 3.63) is 24.3 Å². The van der Waals surface area contributed by atoms with Crippen molar-refractivity contribution >= 4 is 11.9 Å². The van der Waals surface area contributed by atoms with Crippen LogP contribution >= 0.6 is 0 Å². The monoisotopic (exact) mass is 1060 g/mol. The number of esters is 1. The van der Waals surface area contributed by atoms with E-state index in [1.165, 1.54) is 295 Å². The normalized spacial score (nSPS) is 12.6. The van der Waals surface area contributed by atoms with Gasteiger partial charge in [-0.2, -0.15) is 0 Å². The zero-order valence-electron chi connectivity index (χ0n) is 50.8. The van der Waals surface area contributed by atoms with Crippen LogP contribution in [0.25, 0.3) is 0 Å². The second-order valence-electron chi connectivity index (χ2n) is 23.5. The summed E-state index contributed by atoms with van der Waals surface area (Å²) in [6, 6.07) is -0.545. The van der Waals surface area contributed by atoms with E-state index < -0.39 is 12.1 Å². The van der Waals surface area contributed by atoms with Gasteiger partial charge in [-0.3, -0.25) is 9.59 Å². The van der Waals surface area contributed by atoms with E-state index in [0.717, 1.165) is 51.4 Å². The summed E-state index contributed by atoms with van der Waals surface area (Å²) in [5.41, 5.74) is 0. The highest BCUT2D eigenvalue weighted by molar-refractivity contribution is 5.76. The highest BCUT2D eigenvalue weighted by Gasteiger charge is 2.20. The molecule has 0 saturated heterocycles. The Bertz CT molecular complexity index is 1170. The van der Waals surface area contributed by atoms with E-state index >= 15 is 0 Å². The number of amides is 1. The molecule has 0 aliphatic carbocycles. The summed E-state index contributed by atoms with van der Waals surface area (Å²) in [5, 5.41) is 23.4. The molecule has 0 heterocycles. The molecule has 0 spiro atoms. The first-order valence-corrected chi connectivity index (χ1v) is 34.1. The predicted octanol–water partition coefficient (Wildman–Crippen LogP) is 21.8. The Morgan fingerprint density at radius 2 is 0.667 bits per heavy atom. The van der Waals surface area contributed by atoms with Gasteiger partial charge in [0.2, 0.25) is 5.91 Å². The average Bonchev–Trinajstić information content (AvgIpc) is 3.41. The number of hydrogen-bond donors (Lipinski definition) is 3. The number of aliphatic hydroxyl groups is 2. The fourth-order valence-electron chi connectivity index (χ4n) is 10.8. The first kappa shape index (κ1) is 73.3. The molecule has 1 amide bonds. The molecule has 2 atom stereocenters. The van der Waals surface area contributed by atoms with Gasteiger partial charge in [0.15, 0.2) is 0 Å². The van der Waals surface area contributed by atoms with Crippen molar-refractivity contribution in [1.82, 2.24) is 5.32 Å². The average molecular weight is 1060 g/mol. The van der Waals surface area contributed by atoms with Crippen molar-refractivity contribution in [2.24, 2.45) is 0 Å². The highest BCUT2D eigenvalue weighted by Crippen LogP contribution is 2.19. The molecule has 0 rings (SSSR count). The van der Waals surface area contributed by atoms with Gasteiger partial charge in [-0.1, -0.05) is 334 Å². The molecule has 6 heteroatoms. The van der Waals surface area contributed by atoms with Crippen LogP contribution < -0.4 is 5.32 Å². The topological polar surface area (TPSA) is 95.9 Å². The molecule has 0 aromatic heterocycles.